The second-order valence-electron chi connectivity index (χ2n) is 7.26. The summed E-state index contributed by atoms with van der Waals surface area (Å²) in [6, 6.07) is -0.740. The Morgan fingerprint density at radius 2 is 1.27 bits per heavy atom. The van der Waals surface area contributed by atoms with E-state index in [1.807, 2.05) is 0 Å². The summed E-state index contributed by atoms with van der Waals surface area (Å²) in [5.41, 5.74) is 0. The van der Waals surface area contributed by atoms with Gasteiger partial charge in [0, 0.05) is 26.1 Å². The van der Waals surface area contributed by atoms with Gasteiger partial charge in [-0.3, -0.25) is 14.5 Å². The summed E-state index contributed by atoms with van der Waals surface area (Å²) in [7, 11) is 0. The minimum Gasteiger partial charge on any atom is -0.481 e. The molecule has 0 spiro atoms. The molecule has 0 saturated carbocycles. The van der Waals surface area contributed by atoms with Crippen LogP contribution in [-0.4, -0.2) is 94.4 Å². The highest BCUT2D eigenvalue weighted by Crippen LogP contribution is 2.08. The highest BCUT2D eigenvalue weighted by Gasteiger charge is 2.17. The van der Waals surface area contributed by atoms with E-state index in [9.17, 15) is 9.59 Å². The van der Waals surface area contributed by atoms with Crippen molar-refractivity contribution in [3.63, 3.8) is 0 Å². The first-order valence-corrected chi connectivity index (χ1v) is 11.2. The Balaban J connectivity index is 0. The molecule has 30 heavy (non-hydrogen) atoms. The summed E-state index contributed by atoms with van der Waals surface area (Å²) in [5.74, 6) is -1.92. The largest absolute Gasteiger partial charge is 0.481 e. The van der Waals surface area contributed by atoms with Crippen LogP contribution in [0.15, 0.2) is 0 Å². The van der Waals surface area contributed by atoms with Crippen molar-refractivity contribution in [1.29, 1.82) is 0 Å². The summed E-state index contributed by atoms with van der Waals surface area (Å²) < 4.78 is 0. The van der Waals surface area contributed by atoms with Gasteiger partial charge < -0.3 is 30.8 Å². The van der Waals surface area contributed by atoms with Crippen LogP contribution in [0.4, 0.5) is 0 Å². The van der Waals surface area contributed by atoms with Gasteiger partial charge in [-0.05, 0) is 19.4 Å². The number of nitrogens with one attached hydrogen (secondary N) is 1. The molecule has 1 atom stereocenters. The average molecular weight is 437 g/mol. The van der Waals surface area contributed by atoms with Gasteiger partial charge in [0.25, 0.3) is 0 Å². The molecule has 0 rings (SSSR count). The van der Waals surface area contributed by atoms with Crippen LogP contribution >= 0.6 is 0 Å². The predicted molar refractivity (Wildman–Crippen MR) is 117 cm³/mol. The van der Waals surface area contributed by atoms with E-state index in [-0.39, 0.29) is 32.7 Å². The number of nitrogens with zero attached hydrogens (tertiary/aromatic N) is 1. The SMILES string of the molecule is CCCCCCCCCCN[C@@H](CCC(=O)O)C(=O)O.OCCN(CCO)CCO. The molecular formula is C21H44N2O7. The standard InChI is InChI=1S/C15H29NO4.C6H15NO3/c1-2-3-4-5-6-7-8-9-12-16-13(15(19)20)10-11-14(17)18;8-4-1-7(2-5-9)3-6-10/h13,16H,2-12H2,1H3,(H,17,18)(H,19,20);8-10H,1-6H2/t13-;/m0./s1. The first-order chi connectivity index (χ1) is 14.4. The molecule has 0 bridgehead atoms. The fourth-order valence-corrected chi connectivity index (χ4v) is 2.88. The van der Waals surface area contributed by atoms with E-state index < -0.39 is 18.0 Å². The smallest absolute Gasteiger partial charge is 0.320 e. The van der Waals surface area contributed by atoms with E-state index in [1.165, 1.54) is 38.5 Å². The highest BCUT2D eigenvalue weighted by molar-refractivity contribution is 5.75. The van der Waals surface area contributed by atoms with Crippen LogP contribution in [0.2, 0.25) is 0 Å². The van der Waals surface area contributed by atoms with E-state index >= 15 is 0 Å². The van der Waals surface area contributed by atoms with Gasteiger partial charge in [-0.25, -0.2) is 0 Å². The maximum atomic E-state index is 10.9. The Bertz CT molecular complexity index is 383. The van der Waals surface area contributed by atoms with Gasteiger partial charge in [0.2, 0.25) is 0 Å². The lowest BCUT2D eigenvalue weighted by molar-refractivity contribution is -0.140. The summed E-state index contributed by atoms with van der Waals surface area (Å²) >= 11 is 0. The molecule has 0 amide bonds. The Hall–Kier alpha value is -1.26. The molecule has 0 saturated heterocycles. The molecule has 180 valence electrons. The van der Waals surface area contributed by atoms with E-state index in [1.54, 1.807) is 4.90 Å². The van der Waals surface area contributed by atoms with E-state index in [0.29, 0.717) is 26.2 Å². The highest BCUT2D eigenvalue weighted by atomic mass is 16.4. The lowest BCUT2D eigenvalue weighted by Crippen LogP contribution is -2.37. The third kappa shape index (κ3) is 23.0. The number of rotatable bonds is 20. The first-order valence-electron chi connectivity index (χ1n) is 11.2. The number of carboxylic acids is 2. The zero-order valence-corrected chi connectivity index (χ0v) is 18.6. The van der Waals surface area contributed by atoms with Crippen molar-refractivity contribution < 1.29 is 35.1 Å². The first kappa shape index (κ1) is 30.9. The van der Waals surface area contributed by atoms with Crippen molar-refractivity contribution >= 4 is 11.9 Å². The summed E-state index contributed by atoms with van der Waals surface area (Å²) in [4.78, 5) is 23.1. The topological polar surface area (TPSA) is 151 Å². The van der Waals surface area contributed by atoms with Crippen molar-refractivity contribution in [1.82, 2.24) is 10.2 Å². The molecular weight excluding hydrogens is 392 g/mol. The van der Waals surface area contributed by atoms with Gasteiger partial charge >= 0.3 is 11.9 Å². The average Bonchev–Trinajstić information content (AvgIpc) is 2.69. The normalized spacial score (nSPS) is 11.8. The number of aliphatic carboxylic acids is 2. The molecule has 0 heterocycles. The van der Waals surface area contributed by atoms with Crippen LogP contribution in [0.3, 0.4) is 0 Å². The van der Waals surface area contributed by atoms with Crippen molar-refractivity contribution in [3.8, 4) is 0 Å². The number of carboxylic acid groups (broad SMARTS) is 2. The van der Waals surface area contributed by atoms with Gasteiger partial charge in [0.05, 0.1) is 19.8 Å². The quantitative estimate of drug-likeness (QED) is 0.155. The van der Waals surface area contributed by atoms with Crippen molar-refractivity contribution in [3.05, 3.63) is 0 Å². The number of aliphatic hydroxyl groups excluding tert-OH is 3. The molecule has 6 N–H and O–H groups in total. The molecule has 9 heteroatoms. The molecule has 0 aliphatic carbocycles. The lowest BCUT2D eigenvalue weighted by atomic mass is 10.1. The zero-order valence-electron chi connectivity index (χ0n) is 18.6. The van der Waals surface area contributed by atoms with Crippen LogP contribution in [0.5, 0.6) is 0 Å². The molecule has 0 aromatic carbocycles. The molecule has 0 fully saturated rings. The minimum absolute atomic E-state index is 0.0694. The Morgan fingerprint density at radius 3 is 1.67 bits per heavy atom. The van der Waals surface area contributed by atoms with Crippen LogP contribution in [0, 0.1) is 0 Å². The monoisotopic (exact) mass is 436 g/mol. The van der Waals surface area contributed by atoms with Gasteiger partial charge in [-0.1, -0.05) is 51.9 Å². The fourth-order valence-electron chi connectivity index (χ4n) is 2.88. The molecule has 0 radical (unpaired) electrons. The third-order valence-corrected chi connectivity index (χ3v) is 4.61. The summed E-state index contributed by atoms with van der Waals surface area (Å²) in [6.45, 7) is 4.60. The Morgan fingerprint density at radius 1 is 0.800 bits per heavy atom. The van der Waals surface area contributed by atoms with Crippen molar-refractivity contribution in [2.24, 2.45) is 0 Å². The van der Waals surface area contributed by atoms with Crippen LogP contribution < -0.4 is 5.32 Å². The minimum atomic E-state index is -0.967. The lowest BCUT2D eigenvalue weighted by Gasteiger charge is -2.17. The number of carbonyl (C=O) groups is 2. The Labute approximate surface area is 181 Å². The van der Waals surface area contributed by atoms with E-state index in [4.69, 9.17) is 25.5 Å². The van der Waals surface area contributed by atoms with E-state index in [0.717, 1.165) is 12.8 Å². The predicted octanol–water partition coefficient (Wildman–Crippen LogP) is 1.30. The summed E-state index contributed by atoms with van der Waals surface area (Å²) in [5, 5.41) is 45.9. The molecule has 0 aromatic rings. The number of hydrogen-bond acceptors (Lipinski definition) is 7. The summed E-state index contributed by atoms with van der Waals surface area (Å²) in [6.07, 6.45) is 9.70. The van der Waals surface area contributed by atoms with Crippen molar-refractivity contribution in [2.45, 2.75) is 77.2 Å². The zero-order chi connectivity index (χ0) is 23.0. The molecule has 9 nitrogen and oxygen atoms in total. The molecule has 0 aliphatic heterocycles. The second kappa shape index (κ2) is 24.0. The third-order valence-electron chi connectivity index (χ3n) is 4.61. The molecule has 0 aromatic heterocycles. The van der Waals surface area contributed by atoms with Gasteiger partial charge in [-0.2, -0.15) is 0 Å². The number of aliphatic hydroxyl groups is 3. The van der Waals surface area contributed by atoms with Gasteiger partial charge in [0.15, 0.2) is 0 Å². The second-order valence-corrected chi connectivity index (χ2v) is 7.26. The Kier molecular flexibility index (Phi) is 24.8. The molecule has 0 aliphatic rings. The number of unbranched alkanes of at least 4 members (excludes halogenated alkanes) is 7. The van der Waals surface area contributed by atoms with E-state index in [2.05, 4.69) is 12.2 Å². The fraction of sp³-hybridized carbons (Fsp3) is 0.905. The maximum absolute atomic E-state index is 10.9. The van der Waals surface area contributed by atoms with Crippen LogP contribution in [0.25, 0.3) is 0 Å². The molecule has 0 unspecified atom stereocenters. The maximum Gasteiger partial charge on any atom is 0.320 e. The van der Waals surface area contributed by atoms with Gasteiger partial charge in [-0.15, -0.1) is 0 Å². The van der Waals surface area contributed by atoms with Crippen LogP contribution in [-0.2, 0) is 9.59 Å². The van der Waals surface area contributed by atoms with Crippen molar-refractivity contribution in [2.75, 3.05) is 46.0 Å². The van der Waals surface area contributed by atoms with Gasteiger partial charge in [0.1, 0.15) is 6.04 Å². The van der Waals surface area contributed by atoms with Crippen LogP contribution in [0.1, 0.15) is 71.1 Å². The number of hydrogen-bond donors (Lipinski definition) is 6.